The first-order valence-corrected chi connectivity index (χ1v) is 9.83. The van der Waals surface area contributed by atoms with E-state index in [1.807, 2.05) is 0 Å². The van der Waals surface area contributed by atoms with Crippen molar-refractivity contribution in [1.29, 1.82) is 0 Å². The van der Waals surface area contributed by atoms with Crippen LogP contribution >= 0.6 is 0 Å². The molecule has 0 aliphatic heterocycles. The number of carbonyl (C=O) groups is 2. The summed E-state index contributed by atoms with van der Waals surface area (Å²) in [6.45, 7) is 1.31. The van der Waals surface area contributed by atoms with E-state index in [-0.39, 0.29) is 12.1 Å². The summed E-state index contributed by atoms with van der Waals surface area (Å²) in [5.74, 6) is 0. The van der Waals surface area contributed by atoms with E-state index >= 15 is 0 Å². The molecule has 0 aromatic carbocycles. The minimum Gasteiger partial charge on any atom is -0.338 e. The minimum atomic E-state index is -0.0510. The zero-order valence-corrected chi connectivity index (χ0v) is 14.9. The van der Waals surface area contributed by atoms with E-state index in [1.54, 1.807) is 0 Å². The zero-order valence-electron chi connectivity index (χ0n) is 14.9. The Morgan fingerprint density at radius 3 is 1.38 bits per heavy atom. The highest BCUT2D eigenvalue weighted by Gasteiger charge is 2.16. The van der Waals surface area contributed by atoms with Gasteiger partial charge in [-0.25, -0.2) is 9.59 Å². The lowest BCUT2D eigenvalue weighted by atomic mass is 9.96. The van der Waals surface area contributed by atoms with E-state index in [0.717, 1.165) is 38.5 Å². The van der Waals surface area contributed by atoms with Crippen LogP contribution in [0, 0.1) is 0 Å². The molecule has 0 saturated heterocycles. The molecule has 2 rings (SSSR count). The van der Waals surface area contributed by atoms with Crippen LogP contribution in [-0.4, -0.2) is 37.2 Å². The van der Waals surface area contributed by atoms with Crippen molar-refractivity contribution in [3.63, 3.8) is 0 Å². The largest absolute Gasteiger partial charge is 0.338 e. The van der Waals surface area contributed by atoms with Gasteiger partial charge in [0.05, 0.1) is 0 Å². The fraction of sp³-hybridized carbons (Fsp3) is 0.889. The Morgan fingerprint density at radius 2 is 1.00 bits per heavy atom. The Morgan fingerprint density at radius 1 is 0.625 bits per heavy atom. The first kappa shape index (κ1) is 18.9. The van der Waals surface area contributed by atoms with E-state index in [9.17, 15) is 9.59 Å². The highest BCUT2D eigenvalue weighted by Crippen LogP contribution is 2.17. The standard InChI is InChI=1S/C18H34N4O2/c23-17(21-15-9-3-1-4-10-15)19-13-7-8-14-20-18(24)22-16-11-5-2-6-12-16/h15-16H,1-14H2,(H2,19,21,23)(H2,20,22,24). The van der Waals surface area contributed by atoms with Gasteiger partial charge in [-0.15, -0.1) is 0 Å². The fourth-order valence-corrected chi connectivity index (χ4v) is 3.62. The molecule has 6 nitrogen and oxygen atoms in total. The summed E-state index contributed by atoms with van der Waals surface area (Å²) >= 11 is 0. The van der Waals surface area contributed by atoms with Crippen molar-refractivity contribution < 1.29 is 9.59 Å². The normalized spacial score (nSPS) is 19.5. The second kappa shape index (κ2) is 11.2. The average molecular weight is 338 g/mol. The van der Waals surface area contributed by atoms with Gasteiger partial charge in [0.1, 0.15) is 0 Å². The summed E-state index contributed by atoms with van der Waals surface area (Å²) in [6.07, 6.45) is 13.6. The van der Waals surface area contributed by atoms with Gasteiger partial charge < -0.3 is 21.3 Å². The lowest BCUT2D eigenvalue weighted by molar-refractivity contribution is 0.230. The Kier molecular flexibility index (Phi) is 8.77. The molecule has 0 heterocycles. The van der Waals surface area contributed by atoms with Gasteiger partial charge >= 0.3 is 12.1 Å². The predicted octanol–water partition coefficient (Wildman–Crippen LogP) is 3.03. The van der Waals surface area contributed by atoms with Crippen LogP contribution in [-0.2, 0) is 0 Å². The smallest absolute Gasteiger partial charge is 0.315 e. The van der Waals surface area contributed by atoms with E-state index in [0.29, 0.717) is 25.2 Å². The molecule has 2 fully saturated rings. The van der Waals surface area contributed by atoms with Crippen molar-refractivity contribution in [2.45, 2.75) is 89.1 Å². The molecule has 2 saturated carbocycles. The first-order chi connectivity index (χ1) is 11.7. The maximum Gasteiger partial charge on any atom is 0.315 e. The summed E-state index contributed by atoms with van der Waals surface area (Å²) in [4.78, 5) is 23.5. The second-order valence-electron chi connectivity index (χ2n) is 7.18. The lowest BCUT2D eigenvalue weighted by Crippen LogP contribution is -2.44. The number of urea groups is 2. The third-order valence-electron chi connectivity index (χ3n) is 5.06. The van der Waals surface area contributed by atoms with Crippen LogP contribution in [0.5, 0.6) is 0 Å². The van der Waals surface area contributed by atoms with Crippen molar-refractivity contribution in [1.82, 2.24) is 21.3 Å². The van der Waals surface area contributed by atoms with Gasteiger partial charge in [0.15, 0.2) is 0 Å². The summed E-state index contributed by atoms with van der Waals surface area (Å²) in [7, 11) is 0. The summed E-state index contributed by atoms with van der Waals surface area (Å²) in [6, 6.07) is 0.600. The molecular formula is C18H34N4O2. The van der Waals surface area contributed by atoms with Gasteiger partial charge in [0.2, 0.25) is 0 Å². The fourth-order valence-electron chi connectivity index (χ4n) is 3.62. The van der Waals surface area contributed by atoms with Gasteiger partial charge in [-0.05, 0) is 38.5 Å². The summed E-state index contributed by atoms with van der Waals surface area (Å²) in [5.41, 5.74) is 0. The third-order valence-corrected chi connectivity index (χ3v) is 5.06. The number of carbonyl (C=O) groups excluding carboxylic acids is 2. The van der Waals surface area contributed by atoms with Gasteiger partial charge in [0, 0.05) is 25.2 Å². The number of amides is 4. The second-order valence-corrected chi connectivity index (χ2v) is 7.18. The predicted molar refractivity (Wildman–Crippen MR) is 96.0 cm³/mol. The quantitative estimate of drug-likeness (QED) is 0.538. The van der Waals surface area contributed by atoms with E-state index in [4.69, 9.17) is 0 Å². The minimum absolute atomic E-state index is 0.0510. The lowest BCUT2D eigenvalue weighted by Gasteiger charge is -2.23. The molecule has 0 aromatic heterocycles. The maximum atomic E-state index is 11.8. The van der Waals surface area contributed by atoms with Crippen molar-refractivity contribution >= 4 is 12.1 Å². The van der Waals surface area contributed by atoms with Crippen LogP contribution in [0.25, 0.3) is 0 Å². The number of hydrogen-bond donors (Lipinski definition) is 4. The van der Waals surface area contributed by atoms with E-state index < -0.39 is 0 Å². The first-order valence-electron chi connectivity index (χ1n) is 9.83. The highest BCUT2D eigenvalue weighted by molar-refractivity contribution is 5.74. The SMILES string of the molecule is O=C(NCCCCNC(=O)NC1CCCCC1)NC1CCCCC1. The van der Waals surface area contributed by atoms with Crippen LogP contribution in [0.15, 0.2) is 0 Å². The molecule has 4 amide bonds. The number of rotatable bonds is 7. The average Bonchev–Trinajstić information content (AvgIpc) is 2.60. The molecule has 24 heavy (non-hydrogen) atoms. The molecule has 0 atom stereocenters. The van der Waals surface area contributed by atoms with Crippen LogP contribution in [0.1, 0.15) is 77.0 Å². The molecule has 2 aliphatic rings. The molecule has 0 bridgehead atoms. The molecule has 0 unspecified atom stereocenters. The van der Waals surface area contributed by atoms with Crippen LogP contribution in [0.4, 0.5) is 9.59 Å². The topological polar surface area (TPSA) is 82.3 Å². The monoisotopic (exact) mass is 338 g/mol. The van der Waals surface area contributed by atoms with Gasteiger partial charge in [-0.1, -0.05) is 38.5 Å². The van der Waals surface area contributed by atoms with Crippen molar-refractivity contribution in [3.8, 4) is 0 Å². The van der Waals surface area contributed by atoms with Crippen molar-refractivity contribution in [2.24, 2.45) is 0 Å². The number of nitrogens with one attached hydrogen (secondary N) is 4. The van der Waals surface area contributed by atoms with Crippen molar-refractivity contribution in [3.05, 3.63) is 0 Å². The third kappa shape index (κ3) is 7.88. The van der Waals surface area contributed by atoms with Crippen LogP contribution in [0.2, 0.25) is 0 Å². The molecule has 0 spiro atoms. The molecular weight excluding hydrogens is 304 g/mol. The Hall–Kier alpha value is -1.46. The zero-order chi connectivity index (χ0) is 17.0. The Balaban J connectivity index is 1.41. The van der Waals surface area contributed by atoms with Crippen LogP contribution < -0.4 is 21.3 Å². The van der Waals surface area contributed by atoms with E-state index in [1.165, 1.54) is 38.5 Å². The van der Waals surface area contributed by atoms with Gasteiger partial charge in [-0.2, -0.15) is 0 Å². The molecule has 0 radical (unpaired) electrons. The molecule has 0 aromatic rings. The number of hydrogen-bond acceptors (Lipinski definition) is 2. The Labute approximate surface area is 145 Å². The highest BCUT2D eigenvalue weighted by atomic mass is 16.2. The summed E-state index contributed by atoms with van der Waals surface area (Å²) < 4.78 is 0. The maximum absolute atomic E-state index is 11.8. The molecule has 6 heteroatoms. The Bertz CT molecular complexity index is 341. The molecule has 4 N–H and O–H groups in total. The van der Waals surface area contributed by atoms with E-state index in [2.05, 4.69) is 21.3 Å². The summed E-state index contributed by atoms with van der Waals surface area (Å²) in [5, 5.41) is 11.9. The van der Waals surface area contributed by atoms with Crippen LogP contribution in [0.3, 0.4) is 0 Å². The number of unbranched alkanes of at least 4 members (excludes halogenated alkanes) is 1. The van der Waals surface area contributed by atoms with Crippen molar-refractivity contribution in [2.75, 3.05) is 13.1 Å². The van der Waals surface area contributed by atoms with Gasteiger partial charge in [-0.3, -0.25) is 0 Å². The van der Waals surface area contributed by atoms with Gasteiger partial charge in [0.25, 0.3) is 0 Å². The molecule has 138 valence electrons. The molecule has 2 aliphatic carbocycles.